The van der Waals surface area contributed by atoms with E-state index in [1.165, 1.54) is 0 Å². The Hall–Kier alpha value is -3.02. The fourth-order valence-electron chi connectivity index (χ4n) is 2.24. The molecule has 0 aliphatic carbocycles. The van der Waals surface area contributed by atoms with Crippen LogP contribution in [0.3, 0.4) is 0 Å². The van der Waals surface area contributed by atoms with Gasteiger partial charge in [-0.25, -0.2) is 4.79 Å². The summed E-state index contributed by atoms with van der Waals surface area (Å²) in [6.45, 7) is 2.23. The van der Waals surface area contributed by atoms with E-state index < -0.39 is 12.6 Å². The molecule has 2 rings (SSSR count). The molecular weight excluding hydrogens is 322 g/mol. The first-order valence-corrected chi connectivity index (χ1v) is 8.03. The molecule has 0 aromatic heterocycles. The van der Waals surface area contributed by atoms with Gasteiger partial charge in [0.2, 0.25) is 0 Å². The van der Waals surface area contributed by atoms with E-state index in [1.807, 2.05) is 30.3 Å². The molecule has 0 radical (unpaired) electrons. The summed E-state index contributed by atoms with van der Waals surface area (Å²) in [7, 11) is 0. The van der Waals surface area contributed by atoms with Crippen LogP contribution in [-0.4, -0.2) is 36.7 Å². The number of hydrogen-bond donors (Lipinski definition) is 2. The second-order valence-corrected chi connectivity index (χ2v) is 5.27. The number of carbonyl (C=O) groups is 2. The molecular formula is C19H21NO5. The van der Waals surface area contributed by atoms with Gasteiger partial charge >= 0.3 is 5.97 Å². The van der Waals surface area contributed by atoms with E-state index in [1.54, 1.807) is 25.1 Å². The topological polar surface area (TPSA) is 84.9 Å². The highest BCUT2D eigenvalue weighted by molar-refractivity contribution is 5.94. The standard InChI is InChI=1S/C19H21NO5/c1-2-24-17-12-15(8-9-16(17)25-13-18(21)22)19(23)20-11-10-14-6-4-3-5-7-14/h3-9,12H,2,10-11,13H2,1H3,(H,20,23)(H,21,22). The highest BCUT2D eigenvalue weighted by Crippen LogP contribution is 2.28. The van der Waals surface area contributed by atoms with Crippen LogP contribution < -0.4 is 14.8 Å². The number of ether oxygens (including phenoxy) is 2. The van der Waals surface area contributed by atoms with E-state index in [-0.39, 0.29) is 5.91 Å². The Kier molecular flexibility index (Phi) is 6.83. The summed E-state index contributed by atoms with van der Waals surface area (Å²) >= 11 is 0. The first-order chi connectivity index (χ1) is 12.1. The highest BCUT2D eigenvalue weighted by Gasteiger charge is 2.12. The van der Waals surface area contributed by atoms with Gasteiger partial charge in [0.25, 0.3) is 5.91 Å². The van der Waals surface area contributed by atoms with Crippen molar-refractivity contribution in [2.45, 2.75) is 13.3 Å². The number of hydrogen-bond acceptors (Lipinski definition) is 4. The lowest BCUT2D eigenvalue weighted by Gasteiger charge is -2.12. The Morgan fingerprint density at radius 2 is 1.80 bits per heavy atom. The van der Waals surface area contributed by atoms with Crippen molar-refractivity contribution in [3.05, 3.63) is 59.7 Å². The maximum atomic E-state index is 12.3. The Morgan fingerprint density at radius 1 is 1.04 bits per heavy atom. The third kappa shape index (κ3) is 5.84. The molecule has 0 saturated heterocycles. The fraction of sp³-hybridized carbons (Fsp3) is 0.263. The highest BCUT2D eigenvalue weighted by atomic mass is 16.5. The molecule has 0 aliphatic rings. The molecule has 2 aromatic rings. The minimum Gasteiger partial charge on any atom is -0.490 e. The Morgan fingerprint density at radius 3 is 2.48 bits per heavy atom. The predicted molar refractivity (Wildman–Crippen MR) is 93.2 cm³/mol. The van der Waals surface area contributed by atoms with Crippen LogP contribution in [0.5, 0.6) is 11.5 Å². The summed E-state index contributed by atoms with van der Waals surface area (Å²) in [5.74, 6) is -0.656. The van der Waals surface area contributed by atoms with Gasteiger partial charge in [-0.05, 0) is 37.1 Å². The molecule has 6 heteroatoms. The molecule has 0 heterocycles. The fourth-order valence-corrected chi connectivity index (χ4v) is 2.24. The number of benzene rings is 2. The van der Waals surface area contributed by atoms with Gasteiger partial charge in [0.1, 0.15) is 0 Å². The van der Waals surface area contributed by atoms with E-state index in [0.29, 0.717) is 30.2 Å². The average Bonchev–Trinajstić information content (AvgIpc) is 2.61. The molecule has 0 bridgehead atoms. The number of carboxylic acids is 1. The van der Waals surface area contributed by atoms with Crippen LogP contribution >= 0.6 is 0 Å². The number of carboxylic acid groups (broad SMARTS) is 1. The van der Waals surface area contributed by atoms with Crippen molar-refractivity contribution in [1.29, 1.82) is 0 Å². The van der Waals surface area contributed by atoms with Crippen LogP contribution in [0.4, 0.5) is 0 Å². The van der Waals surface area contributed by atoms with Gasteiger partial charge in [-0.2, -0.15) is 0 Å². The monoisotopic (exact) mass is 343 g/mol. The van der Waals surface area contributed by atoms with Crippen LogP contribution in [-0.2, 0) is 11.2 Å². The molecule has 6 nitrogen and oxygen atoms in total. The number of carbonyl (C=O) groups excluding carboxylic acids is 1. The zero-order valence-electron chi connectivity index (χ0n) is 14.0. The van der Waals surface area contributed by atoms with Crippen molar-refractivity contribution >= 4 is 11.9 Å². The molecule has 0 atom stereocenters. The minimum absolute atomic E-state index is 0.221. The zero-order chi connectivity index (χ0) is 18.1. The molecule has 0 unspecified atom stereocenters. The van der Waals surface area contributed by atoms with Crippen LogP contribution in [0.15, 0.2) is 48.5 Å². The van der Waals surface area contributed by atoms with Crippen molar-refractivity contribution in [2.75, 3.05) is 19.8 Å². The summed E-state index contributed by atoms with van der Waals surface area (Å²) in [6.07, 6.45) is 0.741. The summed E-state index contributed by atoms with van der Waals surface area (Å²) < 4.78 is 10.6. The Labute approximate surface area is 146 Å². The van der Waals surface area contributed by atoms with Crippen LogP contribution in [0, 0.1) is 0 Å². The first kappa shape index (κ1) is 18.3. The minimum atomic E-state index is -1.08. The average molecular weight is 343 g/mol. The third-order valence-corrected chi connectivity index (χ3v) is 3.40. The van der Waals surface area contributed by atoms with Crippen molar-refractivity contribution < 1.29 is 24.2 Å². The van der Waals surface area contributed by atoms with E-state index >= 15 is 0 Å². The quantitative estimate of drug-likeness (QED) is 0.731. The summed E-state index contributed by atoms with van der Waals surface area (Å²) in [6, 6.07) is 14.6. The lowest BCUT2D eigenvalue weighted by atomic mass is 10.1. The largest absolute Gasteiger partial charge is 0.490 e. The van der Waals surface area contributed by atoms with Gasteiger partial charge in [-0.15, -0.1) is 0 Å². The Balaban J connectivity index is 1.98. The van der Waals surface area contributed by atoms with Crippen LogP contribution in [0.1, 0.15) is 22.8 Å². The molecule has 132 valence electrons. The summed E-state index contributed by atoms with van der Waals surface area (Å²) in [4.78, 5) is 22.9. The molecule has 2 N–H and O–H groups in total. The molecule has 0 fully saturated rings. The smallest absolute Gasteiger partial charge is 0.341 e. The van der Waals surface area contributed by atoms with Gasteiger partial charge in [0, 0.05) is 12.1 Å². The molecule has 0 aliphatic heterocycles. The van der Waals surface area contributed by atoms with Gasteiger partial charge in [-0.1, -0.05) is 30.3 Å². The molecule has 1 amide bonds. The van der Waals surface area contributed by atoms with E-state index in [0.717, 1.165) is 12.0 Å². The maximum Gasteiger partial charge on any atom is 0.341 e. The maximum absolute atomic E-state index is 12.3. The number of nitrogens with one attached hydrogen (secondary N) is 1. The predicted octanol–water partition coefficient (Wildman–Crippen LogP) is 2.52. The second kappa shape index (κ2) is 9.32. The molecule has 0 saturated carbocycles. The third-order valence-electron chi connectivity index (χ3n) is 3.40. The lowest BCUT2D eigenvalue weighted by Crippen LogP contribution is -2.25. The van der Waals surface area contributed by atoms with Crippen molar-refractivity contribution in [3.63, 3.8) is 0 Å². The Bertz CT molecular complexity index is 715. The number of amides is 1. The summed E-state index contributed by atoms with van der Waals surface area (Å²) in [5.41, 5.74) is 1.58. The number of aliphatic carboxylic acids is 1. The number of rotatable bonds is 9. The van der Waals surface area contributed by atoms with Crippen molar-refractivity contribution in [3.8, 4) is 11.5 Å². The lowest BCUT2D eigenvalue weighted by molar-refractivity contribution is -0.139. The molecule has 2 aromatic carbocycles. The first-order valence-electron chi connectivity index (χ1n) is 8.03. The molecule has 0 spiro atoms. The van der Waals surface area contributed by atoms with E-state index in [2.05, 4.69) is 5.32 Å². The second-order valence-electron chi connectivity index (χ2n) is 5.27. The van der Waals surface area contributed by atoms with Gasteiger partial charge in [-0.3, -0.25) is 4.79 Å². The molecule has 25 heavy (non-hydrogen) atoms. The van der Waals surface area contributed by atoms with Crippen LogP contribution in [0.25, 0.3) is 0 Å². The van der Waals surface area contributed by atoms with Crippen molar-refractivity contribution in [2.24, 2.45) is 0 Å². The van der Waals surface area contributed by atoms with E-state index in [4.69, 9.17) is 14.6 Å². The SMILES string of the molecule is CCOc1cc(C(=O)NCCc2ccccc2)ccc1OCC(=O)O. The zero-order valence-corrected chi connectivity index (χ0v) is 14.0. The van der Waals surface area contributed by atoms with Gasteiger partial charge in [0.15, 0.2) is 18.1 Å². The van der Waals surface area contributed by atoms with Crippen molar-refractivity contribution in [1.82, 2.24) is 5.32 Å². The normalized spacial score (nSPS) is 10.1. The van der Waals surface area contributed by atoms with Gasteiger partial charge in [0.05, 0.1) is 6.61 Å². The van der Waals surface area contributed by atoms with Gasteiger partial charge < -0.3 is 19.9 Å². The summed E-state index contributed by atoms with van der Waals surface area (Å²) in [5, 5.41) is 11.6. The van der Waals surface area contributed by atoms with Crippen LogP contribution in [0.2, 0.25) is 0 Å². The van der Waals surface area contributed by atoms with E-state index in [9.17, 15) is 9.59 Å².